The molecule has 0 aromatic heterocycles. The minimum Gasteiger partial charge on any atom is -0.748 e. The van der Waals surface area contributed by atoms with Crippen LogP contribution in [0, 0.1) is 0 Å². The van der Waals surface area contributed by atoms with Gasteiger partial charge in [-0.05, 0) is 25.7 Å². The molecular formula is C18H37NaO4S. The van der Waals surface area contributed by atoms with Gasteiger partial charge in [-0.25, -0.2) is 8.42 Å². The van der Waals surface area contributed by atoms with Crippen LogP contribution in [0.15, 0.2) is 0 Å². The van der Waals surface area contributed by atoms with Gasteiger partial charge in [0, 0.05) is 5.25 Å². The van der Waals surface area contributed by atoms with E-state index >= 15 is 0 Å². The third-order valence-electron chi connectivity index (χ3n) is 4.47. The van der Waals surface area contributed by atoms with E-state index in [0.717, 1.165) is 70.6 Å². The van der Waals surface area contributed by atoms with Crippen molar-refractivity contribution in [1.82, 2.24) is 0 Å². The van der Waals surface area contributed by atoms with Crippen molar-refractivity contribution in [3.8, 4) is 0 Å². The molecule has 24 heavy (non-hydrogen) atoms. The van der Waals surface area contributed by atoms with Gasteiger partial charge in [0.15, 0.2) is 0 Å². The van der Waals surface area contributed by atoms with Crippen molar-refractivity contribution in [3.63, 3.8) is 0 Å². The van der Waals surface area contributed by atoms with E-state index in [-0.39, 0.29) is 35.7 Å². The molecule has 4 nitrogen and oxygen atoms in total. The van der Waals surface area contributed by atoms with Crippen LogP contribution in [0.5, 0.6) is 0 Å². The molecule has 0 fully saturated rings. The summed E-state index contributed by atoms with van der Waals surface area (Å²) in [6.07, 6.45) is 13.3. The Morgan fingerprint density at radius 2 is 1.21 bits per heavy atom. The Bertz CT molecular complexity index is 360. The summed E-state index contributed by atoms with van der Waals surface area (Å²) in [7, 11) is -4.12. The van der Waals surface area contributed by atoms with Crippen molar-refractivity contribution in [2.45, 2.75) is 115 Å². The zero-order valence-electron chi connectivity index (χ0n) is 16.1. The molecule has 0 heterocycles. The van der Waals surface area contributed by atoms with Gasteiger partial charge in [0.2, 0.25) is 0 Å². The summed E-state index contributed by atoms with van der Waals surface area (Å²) in [4.78, 5) is 0. The molecule has 0 spiro atoms. The summed E-state index contributed by atoms with van der Waals surface area (Å²) in [6, 6.07) is 0. The molecule has 6 heteroatoms. The molecule has 0 aliphatic rings. The Hall–Kier alpha value is 0.870. The molecule has 0 aliphatic heterocycles. The van der Waals surface area contributed by atoms with Crippen molar-refractivity contribution in [2.24, 2.45) is 0 Å². The van der Waals surface area contributed by atoms with E-state index in [1.165, 1.54) is 6.42 Å². The molecule has 140 valence electrons. The minimum atomic E-state index is -4.12. The monoisotopic (exact) mass is 372 g/mol. The fourth-order valence-electron chi connectivity index (χ4n) is 2.97. The average Bonchev–Trinajstić information content (AvgIpc) is 2.49. The summed E-state index contributed by atoms with van der Waals surface area (Å²) in [5.41, 5.74) is 0. The molecule has 0 rings (SSSR count). The maximum atomic E-state index is 11.1. The summed E-state index contributed by atoms with van der Waals surface area (Å²) in [6.45, 7) is 4.06. The van der Waals surface area contributed by atoms with Crippen LogP contribution < -0.4 is 29.6 Å². The topological polar surface area (TPSA) is 77.4 Å². The quantitative estimate of drug-likeness (QED) is 0.254. The number of hydrogen-bond acceptors (Lipinski definition) is 4. The van der Waals surface area contributed by atoms with Crippen molar-refractivity contribution in [3.05, 3.63) is 0 Å². The zero-order valence-corrected chi connectivity index (χ0v) is 19.0. The van der Waals surface area contributed by atoms with Crippen molar-refractivity contribution < 1.29 is 47.6 Å². The fraction of sp³-hybridized carbons (Fsp3) is 1.00. The normalized spacial score (nSPS) is 14.2. The van der Waals surface area contributed by atoms with E-state index in [2.05, 4.69) is 6.92 Å². The van der Waals surface area contributed by atoms with E-state index in [4.69, 9.17) is 0 Å². The van der Waals surface area contributed by atoms with Crippen LogP contribution in [0.4, 0.5) is 0 Å². The third-order valence-corrected chi connectivity index (χ3v) is 5.76. The molecule has 0 saturated carbocycles. The van der Waals surface area contributed by atoms with Gasteiger partial charge < -0.3 is 9.66 Å². The molecule has 0 aliphatic carbocycles. The van der Waals surface area contributed by atoms with Crippen LogP contribution in [0.3, 0.4) is 0 Å². The Balaban J connectivity index is 0. The molecule has 1 N–H and O–H groups in total. The van der Waals surface area contributed by atoms with Crippen LogP contribution >= 0.6 is 0 Å². The number of hydrogen-bond donors (Lipinski definition) is 1. The van der Waals surface area contributed by atoms with Gasteiger partial charge in [-0.15, -0.1) is 0 Å². The molecule has 0 bridgehead atoms. The summed E-state index contributed by atoms with van der Waals surface area (Å²) >= 11 is 0. The Morgan fingerprint density at radius 1 is 0.750 bits per heavy atom. The first-order valence-corrected chi connectivity index (χ1v) is 11.0. The molecule has 0 radical (unpaired) electrons. The van der Waals surface area contributed by atoms with Gasteiger partial charge in [0.25, 0.3) is 0 Å². The standard InChI is InChI=1S/C18H38O4S.Na/c1-3-5-14-17(19)15-11-9-7-6-8-10-12-16-18(13-4-2)23(20,21)22;/h17-19H,3-16H2,1-2H3,(H,20,21,22);/q;+1/p-1. The number of aliphatic hydroxyl groups excluding tert-OH is 1. The van der Waals surface area contributed by atoms with Gasteiger partial charge in [-0.1, -0.05) is 78.1 Å². The Morgan fingerprint density at radius 3 is 1.67 bits per heavy atom. The van der Waals surface area contributed by atoms with Gasteiger partial charge >= 0.3 is 29.6 Å². The van der Waals surface area contributed by atoms with Crippen LogP contribution in [0.1, 0.15) is 104 Å². The van der Waals surface area contributed by atoms with E-state index in [1.54, 1.807) is 0 Å². The molecule has 0 aromatic carbocycles. The molecule has 0 saturated heterocycles. The average molecular weight is 373 g/mol. The van der Waals surface area contributed by atoms with Gasteiger partial charge in [-0.2, -0.15) is 0 Å². The Labute approximate surface area is 172 Å². The maximum Gasteiger partial charge on any atom is 1.00 e. The van der Waals surface area contributed by atoms with E-state index in [9.17, 15) is 18.1 Å². The summed E-state index contributed by atoms with van der Waals surface area (Å²) < 4.78 is 33.3. The second kappa shape index (κ2) is 17.3. The second-order valence-electron chi connectivity index (χ2n) is 6.75. The molecule has 2 atom stereocenters. The first-order valence-electron chi connectivity index (χ1n) is 9.54. The third kappa shape index (κ3) is 16.3. The van der Waals surface area contributed by atoms with Crippen molar-refractivity contribution in [1.29, 1.82) is 0 Å². The van der Waals surface area contributed by atoms with E-state index in [0.29, 0.717) is 12.8 Å². The van der Waals surface area contributed by atoms with Gasteiger partial charge in [0.1, 0.15) is 0 Å². The smallest absolute Gasteiger partial charge is 0.748 e. The molecule has 0 amide bonds. The van der Waals surface area contributed by atoms with E-state index in [1.807, 2.05) is 6.92 Å². The van der Waals surface area contributed by atoms with Crippen LogP contribution in [0.25, 0.3) is 0 Å². The molecule has 0 aromatic rings. The van der Waals surface area contributed by atoms with Crippen LogP contribution in [-0.4, -0.2) is 29.4 Å². The maximum absolute atomic E-state index is 11.1. The van der Waals surface area contributed by atoms with Gasteiger partial charge in [0.05, 0.1) is 16.2 Å². The predicted molar refractivity (Wildman–Crippen MR) is 95.5 cm³/mol. The molecule has 2 unspecified atom stereocenters. The fourth-order valence-corrected chi connectivity index (χ4v) is 3.95. The van der Waals surface area contributed by atoms with Crippen molar-refractivity contribution in [2.75, 3.05) is 0 Å². The minimum absolute atomic E-state index is 0. The van der Waals surface area contributed by atoms with Crippen LogP contribution in [0.2, 0.25) is 0 Å². The number of aliphatic hydroxyl groups is 1. The summed E-state index contributed by atoms with van der Waals surface area (Å²) in [5, 5.41) is 9.06. The Kier molecular flexibility index (Phi) is 19.5. The SMILES string of the molecule is CCCCC(O)CCCCCCCCCC(CCC)S(=O)(=O)[O-].[Na+]. The largest absolute Gasteiger partial charge is 1.00 e. The molecular weight excluding hydrogens is 335 g/mol. The second-order valence-corrected chi connectivity index (χ2v) is 8.40. The first-order chi connectivity index (χ1) is 10.9. The number of unbranched alkanes of at least 4 members (excludes halogenated alkanes) is 7. The van der Waals surface area contributed by atoms with Crippen LogP contribution in [-0.2, 0) is 10.1 Å². The van der Waals surface area contributed by atoms with Crippen molar-refractivity contribution >= 4 is 10.1 Å². The summed E-state index contributed by atoms with van der Waals surface area (Å²) in [5.74, 6) is 0. The van der Waals surface area contributed by atoms with Gasteiger partial charge in [-0.3, -0.25) is 0 Å². The van der Waals surface area contributed by atoms with E-state index < -0.39 is 15.4 Å². The number of rotatable bonds is 16. The predicted octanol–water partition coefficient (Wildman–Crippen LogP) is 1.77. The zero-order chi connectivity index (χ0) is 17.6. The first kappa shape index (κ1) is 27.1.